The Morgan fingerprint density at radius 3 is 2.70 bits per heavy atom. The van der Waals surface area contributed by atoms with Crippen molar-refractivity contribution in [1.82, 2.24) is 4.98 Å². The summed E-state index contributed by atoms with van der Waals surface area (Å²) in [6.45, 7) is 0. The van der Waals surface area contributed by atoms with E-state index in [1.54, 1.807) is 24.3 Å². The van der Waals surface area contributed by atoms with Gasteiger partial charge in [0.05, 0.1) is 11.9 Å². The molecule has 0 aliphatic carbocycles. The molecule has 0 saturated carbocycles. The van der Waals surface area contributed by atoms with Gasteiger partial charge in [0.1, 0.15) is 10.7 Å². The van der Waals surface area contributed by atoms with Crippen molar-refractivity contribution in [1.29, 1.82) is 0 Å². The van der Waals surface area contributed by atoms with Crippen molar-refractivity contribution in [2.75, 3.05) is 11.4 Å². The van der Waals surface area contributed by atoms with Crippen LogP contribution in [0.1, 0.15) is 12.0 Å². The van der Waals surface area contributed by atoms with Crippen molar-refractivity contribution in [3.63, 3.8) is 0 Å². The lowest BCUT2D eigenvalue weighted by Crippen LogP contribution is -2.26. The Morgan fingerprint density at radius 2 is 2.04 bits per heavy atom. The molecular weight excluding hydrogens is 323 g/mol. The maximum Gasteiger partial charge on any atom is 0.303 e. The zero-order valence-electron chi connectivity index (χ0n) is 12.3. The van der Waals surface area contributed by atoms with Gasteiger partial charge in [-0.1, -0.05) is 12.1 Å². The monoisotopic (exact) mass is 338 g/mol. The average molecular weight is 338 g/mol. The van der Waals surface area contributed by atoms with Crippen molar-refractivity contribution < 1.29 is 22.7 Å². The summed E-state index contributed by atoms with van der Waals surface area (Å²) in [5.41, 5.74) is 1.06. The number of carbonyl (C=O) groups is 1. The van der Waals surface area contributed by atoms with Crippen LogP contribution in [0, 0.1) is 5.82 Å². The highest BCUT2D eigenvalue weighted by Crippen LogP contribution is 2.23. The lowest BCUT2D eigenvalue weighted by Gasteiger charge is -2.20. The molecule has 0 saturated heterocycles. The molecule has 1 heterocycles. The highest BCUT2D eigenvalue weighted by atomic mass is 32.2. The highest BCUT2D eigenvalue weighted by Gasteiger charge is 2.22. The van der Waals surface area contributed by atoms with Crippen LogP contribution in [0.25, 0.3) is 0 Å². The molecule has 0 spiro atoms. The van der Waals surface area contributed by atoms with Gasteiger partial charge in [0.25, 0.3) is 10.0 Å². The van der Waals surface area contributed by atoms with Crippen LogP contribution in [-0.4, -0.2) is 31.5 Å². The third-order valence-corrected chi connectivity index (χ3v) is 4.99. The largest absolute Gasteiger partial charge is 0.481 e. The molecule has 23 heavy (non-hydrogen) atoms. The van der Waals surface area contributed by atoms with E-state index in [0.717, 1.165) is 22.8 Å². The predicted molar refractivity (Wildman–Crippen MR) is 82.2 cm³/mol. The molecule has 2 rings (SSSR count). The number of anilines is 1. The number of carboxylic acid groups (broad SMARTS) is 1. The van der Waals surface area contributed by atoms with Gasteiger partial charge in [-0.15, -0.1) is 0 Å². The molecule has 1 N–H and O–H groups in total. The van der Waals surface area contributed by atoms with E-state index in [-0.39, 0.29) is 11.3 Å². The summed E-state index contributed by atoms with van der Waals surface area (Å²) in [5.74, 6) is -1.67. The van der Waals surface area contributed by atoms with Gasteiger partial charge in [0, 0.05) is 19.7 Å². The van der Waals surface area contributed by atoms with E-state index in [1.807, 2.05) is 0 Å². The predicted octanol–water partition coefficient (Wildman–Crippen LogP) is 2.06. The number of halogens is 1. The number of aliphatic carboxylic acids is 1. The fourth-order valence-electron chi connectivity index (χ4n) is 1.99. The van der Waals surface area contributed by atoms with E-state index in [9.17, 15) is 17.6 Å². The third kappa shape index (κ3) is 4.04. The molecular formula is C15H15FN2O4S. The second-order valence-corrected chi connectivity index (χ2v) is 6.84. The summed E-state index contributed by atoms with van der Waals surface area (Å²) >= 11 is 0. The van der Waals surface area contributed by atoms with Gasteiger partial charge in [-0.05, 0) is 30.2 Å². The number of hydrogen-bond acceptors (Lipinski definition) is 4. The average Bonchev–Trinajstić information content (AvgIpc) is 2.52. The summed E-state index contributed by atoms with van der Waals surface area (Å²) in [5, 5.41) is 8.71. The van der Waals surface area contributed by atoms with Crippen LogP contribution >= 0.6 is 0 Å². The Hall–Kier alpha value is -2.48. The first-order chi connectivity index (χ1) is 10.8. The second-order valence-electron chi connectivity index (χ2n) is 4.88. The van der Waals surface area contributed by atoms with Crippen molar-refractivity contribution in [3.8, 4) is 0 Å². The fourth-order valence-corrected chi connectivity index (χ4v) is 3.15. The minimum Gasteiger partial charge on any atom is -0.481 e. The molecule has 0 radical (unpaired) electrons. The maximum absolute atomic E-state index is 13.2. The van der Waals surface area contributed by atoms with Gasteiger partial charge in [0.2, 0.25) is 0 Å². The number of pyridine rings is 1. The van der Waals surface area contributed by atoms with Gasteiger partial charge in [0.15, 0.2) is 0 Å². The number of rotatable bonds is 6. The van der Waals surface area contributed by atoms with Crippen LogP contribution < -0.4 is 4.31 Å². The van der Waals surface area contributed by atoms with E-state index < -0.39 is 21.8 Å². The van der Waals surface area contributed by atoms with Crippen molar-refractivity contribution in [2.24, 2.45) is 0 Å². The Balaban J connectivity index is 2.30. The second kappa shape index (κ2) is 6.74. The summed E-state index contributed by atoms with van der Waals surface area (Å²) in [7, 11) is -2.60. The van der Waals surface area contributed by atoms with E-state index in [1.165, 1.54) is 7.05 Å². The normalized spacial score (nSPS) is 11.2. The molecule has 1 aromatic carbocycles. The lowest BCUT2D eigenvalue weighted by atomic mass is 10.1. The molecule has 6 nitrogen and oxygen atoms in total. The Labute approximate surface area is 133 Å². The topological polar surface area (TPSA) is 87.6 Å². The quantitative estimate of drug-likeness (QED) is 0.871. The summed E-state index contributed by atoms with van der Waals surface area (Å²) in [6, 6.07) is 7.42. The molecule has 0 bridgehead atoms. The van der Waals surface area contributed by atoms with Gasteiger partial charge < -0.3 is 5.11 Å². The number of hydrogen-bond donors (Lipinski definition) is 1. The van der Waals surface area contributed by atoms with E-state index >= 15 is 0 Å². The molecule has 0 atom stereocenters. The minimum atomic E-state index is -3.95. The molecule has 0 unspecified atom stereocenters. The van der Waals surface area contributed by atoms with E-state index in [2.05, 4.69) is 4.98 Å². The first kappa shape index (κ1) is 16.9. The molecule has 0 aliphatic rings. The van der Waals surface area contributed by atoms with Gasteiger partial charge in [-0.3, -0.25) is 14.1 Å². The molecule has 0 fully saturated rings. The molecule has 8 heteroatoms. The van der Waals surface area contributed by atoms with Crippen molar-refractivity contribution in [2.45, 2.75) is 17.7 Å². The van der Waals surface area contributed by atoms with Crippen LogP contribution in [0.4, 0.5) is 10.1 Å². The molecule has 0 aliphatic heterocycles. The molecule has 2 aromatic rings. The first-order valence-corrected chi connectivity index (χ1v) is 8.15. The number of aromatic nitrogens is 1. The summed E-state index contributed by atoms with van der Waals surface area (Å²) in [4.78, 5) is 13.9. The number of carboxylic acids is 1. The number of sulfonamides is 1. The minimum absolute atomic E-state index is 0.0479. The van der Waals surface area contributed by atoms with Crippen LogP contribution in [-0.2, 0) is 21.2 Å². The fraction of sp³-hybridized carbons (Fsp3) is 0.200. The summed E-state index contributed by atoms with van der Waals surface area (Å²) < 4.78 is 39.2. The van der Waals surface area contributed by atoms with Crippen molar-refractivity contribution >= 4 is 21.7 Å². The third-order valence-electron chi connectivity index (χ3n) is 3.24. The highest BCUT2D eigenvalue weighted by molar-refractivity contribution is 7.92. The number of aryl methyl sites for hydroxylation is 1. The van der Waals surface area contributed by atoms with Crippen LogP contribution in [0.15, 0.2) is 47.6 Å². The standard InChI is InChI=1S/C15H15FN2O4S/c1-18(23(21,22)14-8-12(16)9-17-10-14)13-4-2-3-11(7-13)5-6-15(19)20/h2-4,7-10H,5-6H2,1H3,(H,19,20). The Morgan fingerprint density at radius 1 is 1.30 bits per heavy atom. The van der Waals surface area contributed by atoms with E-state index in [4.69, 9.17) is 5.11 Å². The molecule has 0 amide bonds. The molecule has 122 valence electrons. The lowest BCUT2D eigenvalue weighted by molar-refractivity contribution is -0.136. The SMILES string of the molecule is CN(c1cccc(CCC(=O)O)c1)S(=O)(=O)c1cncc(F)c1. The smallest absolute Gasteiger partial charge is 0.303 e. The van der Waals surface area contributed by atoms with E-state index in [0.29, 0.717) is 17.7 Å². The van der Waals surface area contributed by atoms with Crippen LogP contribution in [0.3, 0.4) is 0 Å². The zero-order chi connectivity index (χ0) is 17.0. The number of benzene rings is 1. The first-order valence-electron chi connectivity index (χ1n) is 6.71. The Bertz CT molecular complexity index is 824. The van der Waals surface area contributed by atoms with Gasteiger partial charge in [-0.2, -0.15) is 0 Å². The van der Waals surface area contributed by atoms with Gasteiger partial charge in [-0.25, -0.2) is 12.8 Å². The van der Waals surface area contributed by atoms with Crippen LogP contribution in [0.2, 0.25) is 0 Å². The maximum atomic E-state index is 13.2. The molecule has 1 aromatic heterocycles. The van der Waals surface area contributed by atoms with Crippen LogP contribution in [0.5, 0.6) is 0 Å². The van der Waals surface area contributed by atoms with Crippen molar-refractivity contribution in [3.05, 3.63) is 54.1 Å². The number of nitrogens with zero attached hydrogens (tertiary/aromatic N) is 2. The zero-order valence-corrected chi connectivity index (χ0v) is 13.1. The summed E-state index contributed by atoms with van der Waals surface area (Å²) in [6.07, 6.45) is 2.24. The Kier molecular flexibility index (Phi) is 4.95. The van der Waals surface area contributed by atoms with Gasteiger partial charge >= 0.3 is 5.97 Å².